The molecule has 0 atom stereocenters. The van der Waals surface area contributed by atoms with Crippen LogP contribution >= 0.6 is 22.9 Å². The van der Waals surface area contributed by atoms with Crippen molar-refractivity contribution >= 4 is 39.9 Å². The number of ether oxygens (including phenoxy) is 2. The van der Waals surface area contributed by atoms with Gasteiger partial charge >= 0.3 is 0 Å². The van der Waals surface area contributed by atoms with Gasteiger partial charge in [-0.2, -0.15) is 10.5 Å². The number of carbonyl (C=O) groups is 1. The van der Waals surface area contributed by atoms with E-state index in [-0.39, 0.29) is 5.57 Å². The second-order valence-corrected chi connectivity index (χ2v) is 8.12. The van der Waals surface area contributed by atoms with Crippen LogP contribution in [0.15, 0.2) is 17.7 Å². The number of halogens is 1. The first-order valence-corrected chi connectivity index (χ1v) is 10.7. The lowest BCUT2D eigenvalue weighted by atomic mass is 9.96. The first-order chi connectivity index (χ1) is 14.5. The van der Waals surface area contributed by atoms with E-state index in [1.165, 1.54) is 24.5 Å². The maximum absolute atomic E-state index is 12.8. The highest BCUT2D eigenvalue weighted by Gasteiger charge is 2.23. The molecular weight excluding hydrogens is 422 g/mol. The molecular formula is C22H20ClN3O3S. The summed E-state index contributed by atoms with van der Waals surface area (Å²) in [6.07, 6.45) is 5.26. The van der Waals surface area contributed by atoms with Gasteiger partial charge in [-0.3, -0.25) is 4.79 Å². The Morgan fingerprint density at radius 1 is 1.30 bits per heavy atom. The molecule has 154 valence electrons. The SMILES string of the molecule is CCOc1cc(Cl)c(/C=C(\C#N)C(=O)Nc2sc3c(c2C#N)CCCC3)cc1OC. The molecule has 1 aromatic carbocycles. The van der Waals surface area contributed by atoms with Gasteiger partial charge in [0.1, 0.15) is 22.7 Å². The third-order valence-corrected chi connectivity index (χ3v) is 6.29. The van der Waals surface area contributed by atoms with Crippen LogP contribution in [0.3, 0.4) is 0 Å². The highest BCUT2D eigenvalue weighted by molar-refractivity contribution is 7.16. The average Bonchev–Trinajstić information content (AvgIpc) is 3.10. The molecule has 3 rings (SSSR count). The van der Waals surface area contributed by atoms with Gasteiger partial charge in [-0.15, -0.1) is 11.3 Å². The number of hydrogen-bond donors (Lipinski definition) is 1. The number of nitriles is 2. The summed E-state index contributed by atoms with van der Waals surface area (Å²) in [5, 5.41) is 22.6. The summed E-state index contributed by atoms with van der Waals surface area (Å²) in [5.74, 6) is 0.340. The minimum Gasteiger partial charge on any atom is -0.493 e. The van der Waals surface area contributed by atoms with Crippen molar-refractivity contribution < 1.29 is 14.3 Å². The van der Waals surface area contributed by atoms with Crippen LogP contribution in [0.4, 0.5) is 5.00 Å². The molecule has 1 aliphatic rings. The monoisotopic (exact) mass is 441 g/mol. The lowest BCUT2D eigenvalue weighted by Crippen LogP contribution is -2.13. The Morgan fingerprint density at radius 3 is 2.73 bits per heavy atom. The standard InChI is InChI=1S/C22H20ClN3O3S/c1-3-29-19-10-17(23)13(9-18(19)28-2)8-14(11-24)21(27)26-22-16(12-25)15-6-4-5-7-20(15)30-22/h8-10H,3-7H2,1-2H3,(H,26,27)/b14-8+. The Morgan fingerprint density at radius 2 is 2.07 bits per heavy atom. The Balaban J connectivity index is 1.91. The molecule has 0 fully saturated rings. The number of nitrogens with one attached hydrogen (secondary N) is 1. The van der Waals surface area contributed by atoms with Crippen LogP contribution in [0.2, 0.25) is 5.02 Å². The van der Waals surface area contributed by atoms with E-state index in [0.717, 1.165) is 36.1 Å². The molecule has 1 amide bonds. The average molecular weight is 442 g/mol. The number of nitrogens with zero attached hydrogens (tertiary/aromatic N) is 2. The molecule has 0 saturated carbocycles. The fraction of sp³-hybridized carbons (Fsp3) is 0.318. The molecule has 1 N–H and O–H groups in total. The maximum atomic E-state index is 12.8. The predicted molar refractivity (Wildman–Crippen MR) is 117 cm³/mol. The zero-order valence-electron chi connectivity index (χ0n) is 16.7. The van der Waals surface area contributed by atoms with Crippen LogP contribution in [-0.4, -0.2) is 19.6 Å². The summed E-state index contributed by atoms with van der Waals surface area (Å²) < 4.78 is 10.8. The summed E-state index contributed by atoms with van der Waals surface area (Å²) >= 11 is 7.73. The van der Waals surface area contributed by atoms with Gasteiger partial charge < -0.3 is 14.8 Å². The van der Waals surface area contributed by atoms with Crippen molar-refractivity contribution in [3.63, 3.8) is 0 Å². The number of carbonyl (C=O) groups excluding carboxylic acids is 1. The first-order valence-electron chi connectivity index (χ1n) is 9.50. The smallest absolute Gasteiger partial charge is 0.266 e. The number of fused-ring (bicyclic) bond motifs is 1. The fourth-order valence-corrected chi connectivity index (χ4v) is 4.78. The van der Waals surface area contributed by atoms with E-state index in [2.05, 4.69) is 11.4 Å². The molecule has 0 saturated heterocycles. The Bertz CT molecular complexity index is 1090. The zero-order chi connectivity index (χ0) is 21.7. The van der Waals surface area contributed by atoms with Gasteiger partial charge in [-0.25, -0.2) is 0 Å². The van der Waals surface area contributed by atoms with E-state index in [4.69, 9.17) is 21.1 Å². The molecule has 1 aromatic heterocycles. The van der Waals surface area contributed by atoms with Gasteiger partial charge in [0.25, 0.3) is 5.91 Å². The van der Waals surface area contributed by atoms with Crippen molar-refractivity contribution in [2.75, 3.05) is 19.0 Å². The minimum atomic E-state index is -0.587. The summed E-state index contributed by atoms with van der Waals surface area (Å²) in [6, 6.07) is 7.31. The number of anilines is 1. The molecule has 0 unspecified atom stereocenters. The Hall–Kier alpha value is -3.00. The number of thiophene rings is 1. The van der Waals surface area contributed by atoms with Crippen molar-refractivity contribution in [3.05, 3.63) is 44.3 Å². The first kappa shape index (κ1) is 21.7. The van der Waals surface area contributed by atoms with Crippen LogP contribution in [-0.2, 0) is 17.6 Å². The molecule has 30 heavy (non-hydrogen) atoms. The molecule has 0 radical (unpaired) electrons. The van der Waals surface area contributed by atoms with Crippen molar-refractivity contribution in [2.24, 2.45) is 0 Å². The fourth-order valence-electron chi connectivity index (χ4n) is 3.34. The number of amides is 1. The Labute approximate surface area is 184 Å². The number of rotatable bonds is 6. The van der Waals surface area contributed by atoms with E-state index >= 15 is 0 Å². The van der Waals surface area contributed by atoms with E-state index in [0.29, 0.717) is 39.3 Å². The van der Waals surface area contributed by atoms with Crippen LogP contribution in [0.1, 0.15) is 41.3 Å². The molecule has 1 heterocycles. The molecule has 2 aromatic rings. The van der Waals surface area contributed by atoms with Crippen molar-refractivity contribution in [2.45, 2.75) is 32.6 Å². The quantitative estimate of drug-likeness (QED) is 0.496. The second kappa shape index (κ2) is 9.67. The summed E-state index contributed by atoms with van der Waals surface area (Å²) in [6.45, 7) is 2.29. The molecule has 0 spiro atoms. The number of benzene rings is 1. The maximum Gasteiger partial charge on any atom is 0.266 e. The lowest BCUT2D eigenvalue weighted by Gasteiger charge is -2.11. The third kappa shape index (κ3) is 4.43. The summed E-state index contributed by atoms with van der Waals surface area (Å²) in [7, 11) is 1.50. The molecule has 8 heteroatoms. The highest BCUT2D eigenvalue weighted by atomic mass is 35.5. The van der Waals surface area contributed by atoms with Crippen LogP contribution in [0, 0.1) is 22.7 Å². The number of aryl methyl sites for hydroxylation is 1. The predicted octanol–water partition coefficient (Wildman–Crippen LogP) is 5.10. The minimum absolute atomic E-state index is 0.127. The van der Waals surface area contributed by atoms with Gasteiger partial charge in [0.05, 0.1) is 24.3 Å². The van der Waals surface area contributed by atoms with Crippen LogP contribution in [0.25, 0.3) is 6.08 Å². The highest BCUT2D eigenvalue weighted by Crippen LogP contribution is 2.38. The lowest BCUT2D eigenvalue weighted by molar-refractivity contribution is -0.112. The van der Waals surface area contributed by atoms with Gasteiger partial charge in [-0.1, -0.05) is 11.6 Å². The van der Waals surface area contributed by atoms with Gasteiger partial charge in [0.15, 0.2) is 11.5 Å². The van der Waals surface area contributed by atoms with E-state index in [1.54, 1.807) is 12.1 Å². The number of methoxy groups -OCH3 is 1. The summed E-state index contributed by atoms with van der Waals surface area (Å²) in [4.78, 5) is 13.9. The van der Waals surface area contributed by atoms with Crippen molar-refractivity contribution in [1.82, 2.24) is 0 Å². The van der Waals surface area contributed by atoms with Gasteiger partial charge in [0.2, 0.25) is 0 Å². The van der Waals surface area contributed by atoms with Crippen molar-refractivity contribution in [1.29, 1.82) is 10.5 Å². The molecule has 6 nitrogen and oxygen atoms in total. The third-order valence-electron chi connectivity index (χ3n) is 4.76. The largest absolute Gasteiger partial charge is 0.493 e. The second-order valence-electron chi connectivity index (χ2n) is 6.61. The van der Waals surface area contributed by atoms with Crippen LogP contribution < -0.4 is 14.8 Å². The van der Waals surface area contributed by atoms with Crippen LogP contribution in [0.5, 0.6) is 11.5 Å². The Kier molecular flexibility index (Phi) is 6.99. The number of hydrogen-bond acceptors (Lipinski definition) is 6. The van der Waals surface area contributed by atoms with E-state index in [9.17, 15) is 15.3 Å². The van der Waals surface area contributed by atoms with E-state index < -0.39 is 5.91 Å². The molecule has 1 aliphatic carbocycles. The zero-order valence-corrected chi connectivity index (χ0v) is 18.2. The molecule has 0 aliphatic heterocycles. The van der Waals surface area contributed by atoms with Gasteiger partial charge in [0, 0.05) is 10.9 Å². The summed E-state index contributed by atoms with van der Waals surface area (Å²) in [5.41, 5.74) is 1.85. The van der Waals surface area contributed by atoms with E-state index in [1.807, 2.05) is 13.0 Å². The normalized spacial score (nSPS) is 13.0. The van der Waals surface area contributed by atoms with Crippen molar-refractivity contribution in [3.8, 4) is 23.6 Å². The molecule has 0 bridgehead atoms. The topological polar surface area (TPSA) is 95.1 Å². The van der Waals surface area contributed by atoms with Gasteiger partial charge in [-0.05, 0) is 55.9 Å².